The fourth-order valence-corrected chi connectivity index (χ4v) is 2.25. The van der Waals surface area contributed by atoms with Gasteiger partial charge in [-0.05, 0) is 35.4 Å². The Bertz CT molecular complexity index is 659. The molecule has 0 bridgehead atoms. The van der Waals surface area contributed by atoms with Crippen LogP contribution in [0.2, 0.25) is 0 Å². The molecule has 4 heteroatoms. The SMILES string of the molecule is N#Cc1ccc(CNCc2ccc3c(c2)OCCO3)cc1. The second-order valence-electron chi connectivity index (χ2n) is 4.89. The quantitative estimate of drug-likeness (QED) is 0.935. The van der Waals surface area contributed by atoms with Crippen LogP contribution in [0.3, 0.4) is 0 Å². The van der Waals surface area contributed by atoms with Crippen LogP contribution in [0, 0.1) is 11.3 Å². The normalized spacial score (nSPS) is 12.7. The number of hydrogen-bond acceptors (Lipinski definition) is 4. The molecule has 106 valence electrons. The third kappa shape index (κ3) is 3.33. The highest BCUT2D eigenvalue weighted by Gasteiger charge is 2.11. The number of nitrogens with zero attached hydrogens (tertiary/aromatic N) is 1. The lowest BCUT2D eigenvalue weighted by atomic mass is 10.1. The van der Waals surface area contributed by atoms with E-state index in [0.29, 0.717) is 18.8 Å². The fourth-order valence-electron chi connectivity index (χ4n) is 2.25. The van der Waals surface area contributed by atoms with Crippen molar-refractivity contribution in [1.82, 2.24) is 5.32 Å². The predicted octanol–water partition coefficient (Wildman–Crippen LogP) is 2.62. The van der Waals surface area contributed by atoms with Crippen molar-refractivity contribution in [1.29, 1.82) is 5.26 Å². The Balaban J connectivity index is 1.56. The second kappa shape index (κ2) is 6.29. The smallest absolute Gasteiger partial charge is 0.161 e. The number of benzene rings is 2. The summed E-state index contributed by atoms with van der Waals surface area (Å²) in [5, 5.41) is 12.1. The van der Waals surface area contributed by atoms with E-state index in [1.807, 2.05) is 42.5 Å². The van der Waals surface area contributed by atoms with Crippen molar-refractivity contribution in [2.75, 3.05) is 13.2 Å². The van der Waals surface area contributed by atoms with Gasteiger partial charge in [-0.25, -0.2) is 0 Å². The standard InChI is InChI=1S/C17H16N2O2/c18-10-13-1-3-14(4-2-13)11-19-12-15-5-6-16-17(9-15)21-8-7-20-16/h1-6,9,19H,7-8,11-12H2. The second-order valence-corrected chi connectivity index (χ2v) is 4.89. The molecule has 1 heterocycles. The van der Waals surface area contributed by atoms with Crippen LogP contribution in [0.25, 0.3) is 0 Å². The molecule has 0 amide bonds. The van der Waals surface area contributed by atoms with Crippen LogP contribution in [0.1, 0.15) is 16.7 Å². The topological polar surface area (TPSA) is 54.3 Å². The van der Waals surface area contributed by atoms with Crippen molar-refractivity contribution in [2.45, 2.75) is 13.1 Å². The first-order chi connectivity index (χ1) is 10.3. The third-order valence-electron chi connectivity index (χ3n) is 3.35. The van der Waals surface area contributed by atoms with Crippen LogP contribution in [0.4, 0.5) is 0 Å². The highest BCUT2D eigenvalue weighted by molar-refractivity contribution is 5.43. The molecule has 0 unspecified atom stereocenters. The van der Waals surface area contributed by atoms with Crippen molar-refractivity contribution >= 4 is 0 Å². The minimum atomic E-state index is 0.606. The first-order valence-electron chi connectivity index (χ1n) is 6.93. The molecule has 3 rings (SSSR count). The molecule has 0 aromatic heterocycles. The highest BCUT2D eigenvalue weighted by atomic mass is 16.6. The van der Waals surface area contributed by atoms with Gasteiger partial charge in [0.15, 0.2) is 11.5 Å². The van der Waals surface area contributed by atoms with Gasteiger partial charge in [0.25, 0.3) is 0 Å². The lowest BCUT2D eigenvalue weighted by molar-refractivity contribution is 0.171. The molecule has 0 spiro atoms. The molecule has 0 atom stereocenters. The number of hydrogen-bond donors (Lipinski definition) is 1. The lowest BCUT2D eigenvalue weighted by Crippen LogP contribution is -2.16. The highest BCUT2D eigenvalue weighted by Crippen LogP contribution is 2.30. The van der Waals surface area contributed by atoms with E-state index in [-0.39, 0.29) is 0 Å². The average molecular weight is 280 g/mol. The maximum atomic E-state index is 8.76. The summed E-state index contributed by atoms with van der Waals surface area (Å²) in [6.07, 6.45) is 0. The van der Waals surface area contributed by atoms with Crippen LogP contribution in [0.15, 0.2) is 42.5 Å². The Kier molecular flexibility index (Phi) is 4.04. The molecule has 1 aliphatic heterocycles. The van der Waals surface area contributed by atoms with Crippen molar-refractivity contribution in [3.8, 4) is 17.6 Å². The van der Waals surface area contributed by atoms with Crippen LogP contribution in [-0.2, 0) is 13.1 Å². The zero-order valence-corrected chi connectivity index (χ0v) is 11.6. The molecule has 0 saturated carbocycles. The number of nitrogens with one attached hydrogen (secondary N) is 1. The van der Waals surface area contributed by atoms with Gasteiger partial charge in [0.2, 0.25) is 0 Å². The predicted molar refractivity (Wildman–Crippen MR) is 79.1 cm³/mol. The Hall–Kier alpha value is -2.51. The maximum Gasteiger partial charge on any atom is 0.161 e. The maximum absolute atomic E-state index is 8.76. The Labute approximate surface area is 123 Å². The van der Waals surface area contributed by atoms with Crippen LogP contribution in [0.5, 0.6) is 11.5 Å². The van der Waals surface area contributed by atoms with Crippen molar-refractivity contribution in [3.05, 3.63) is 59.2 Å². The number of ether oxygens (including phenoxy) is 2. The third-order valence-corrected chi connectivity index (χ3v) is 3.35. The van der Waals surface area contributed by atoms with Gasteiger partial charge in [0.05, 0.1) is 11.6 Å². The Morgan fingerprint density at radius 3 is 2.33 bits per heavy atom. The number of nitriles is 1. The lowest BCUT2D eigenvalue weighted by Gasteiger charge is -2.19. The largest absolute Gasteiger partial charge is 0.486 e. The molecule has 0 radical (unpaired) electrons. The van der Waals surface area contributed by atoms with Gasteiger partial charge in [-0.15, -0.1) is 0 Å². The molecule has 2 aromatic carbocycles. The van der Waals surface area contributed by atoms with Gasteiger partial charge in [-0.1, -0.05) is 18.2 Å². The zero-order valence-electron chi connectivity index (χ0n) is 11.6. The molecular formula is C17H16N2O2. The van der Waals surface area contributed by atoms with Crippen molar-refractivity contribution in [2.24, 2.45) is 0 Å². The molecule has 4 nitrogen and oxygen atoms in total. The number of fused-ring (bicyclic) bond motifs is 1. The summed E-state index contributed by atoms with van der Waals surface area (Å²) in [7, 11) is 0. The van der Waals surface area contributed by atoms with Crippen molar-refractivity contribution < 1.29 is 9.47 Å². The van der Waals surface area contributed by atoms with Crippen LogP contribution in [-0.4, -0.2) is 13.2 Å². The number of rotatable bonds is 4. The molecule has 1 aliphatic rings. The van der Waals surface area contributed by atoms with Gasteiger partial charge in [-0.3, -0.25) is 0 Å². The minimum Gasteiger partial charge on any atom is -0.486 e. The first-order valence-corrected chi connectivity index (χ1v) is 6.93. The summed E-state index contributed by atoms with van der Waals surface area (Å²) in [4.78, 5) is 0. The molecule has 0 aliphatic carbocycles. The van der Waals surface area contributed by atoms with Crippen LogP contribution >= 0.6 is 0 Å². The fraction of sp³-hybridized carbons (Fsp3) is 0.235. The van der Waals surface area contributed by atoms with E-state index in [0.717, 1.165) is 35.7 Å². The first kappa shape index (κ1) is 13.5. The molecule has 21 heavy (non-hydrogen) atoms. The Morgan fingerprint density at radius 1 is 0.905 bits per heavy atom. The van der Waals surface area contributed by atoms with E-state index >= 15 is 0 Å². The van der Waals surface area contributed by atoms with E-state index in [1.54, 1.807) is 0 Å². The summed E-state index contributed by atoms with van der Waals surface area (Å²) in [6.45, 7) is 2.75. The summed E-state index contributed by atoms with van der Waals surface area (Å²) < 4.78 is 11.1. The molecule has 2 aromatic rings. The minimum absolute atomic E-state index is 0.606. The van der Waals surface area contributed by atoms with Gasteiger partial charge in [0.1, 0.15) is 13.2 Å². The van der Waals surface area contributed by atoms with E-state index in [9.17, 15) is 0 Å². The molecule has 0 fully saturated rings. The Morgan fingerprint density at radius 2 is 1.57 bits per heavy atom. The van der Waals surface area contributed by atoms with E-state index in [1.165, 1.54) is 0 Å². The molecule has 1 N–H and O–H groups in total. The summed E-state index contributed by atoms with van der Waals surface area (Å²) >= 11 is 0. The zero-order chi connectivity index (χ0) is 14.5. The summed E-state index contributed by atoms with van der Waals surface area (Å²) in [5.41, 5.74) is 3.00. The van der Waals surface area contributed by atoms with E-state index in [2.05, 4.69) is 11.4 Å². The van der Waals surface area contributed by atoms with Gasteiger partial charge in [-0.2, -0.15) is 5.26 Å². The van der Waals surface area contributed by atoms with Crippen LogP contribution < -0.4 is 14.8 Å². The summed E-state index contributed by atoms with van der Waals surface area (Å²) in [5.74, 6) is 1.64. The van der Waals surface area contributed by atoms with E-state index < -0.39 is 0 Å². The van der Waals surface area contributed by atoms with Gasteiger partial charge >= 0.3 is 0 Å². The van der Waals surface area contributed by atoms with Gasteiger partial charge < -0.3 is 14.8 Å². The average Bonchev–Trinajstić information content (AvgIpc) is 2.55. The molecular weight excluding hydrogens is 264 g/mol. The monoisotopic (exact) mass is 280 g/mol. The molecule has 0 saturated heterocycles. The van der Waals surface area contributed by atoms with E-state index in [4.69, 9.17) is 14.7 Å². The summed E-state index contributed by atoms with van der Waals surface area (Å²) in [6, 6.07) is 15.7. The van der Waals surface area contributed by atoms with Gasteiger partial charge in [0, 0.05) is 13.1 Å². The van der Waals surface area contributed by atoms with Crippen molar-refractivity contribution in [3.63, 3.8) is 0 Å².